The molecular formula is C11H24O2. The maximum absolute atomic E-state index is 5.67. The van der Waals surface area contributed by atoms with Crippen LogP contribution in [-0.2, 0) is 9.47 Å². The molecule has 0 saturated carbocycles. The van der Waals surface area contributed by atoms with Gasteiger partial charge >= 0.3 is 0 Å². The summed E-state index contributed by atoms with van der Waals surface area (Å²) in [6.07, 6.45) is 3.03. The average Bonchev–Trinajstić information content (AvgIpc) is 2.13. The molecular weight excluding hydrogens is 164 g/mol. The first-order valence-electron chi connectivity index (χ1n) is 5.37. The van der Waals surface area contributed by atoms with Gasteiger partial charge in [-0.3, -0.25) is 0 Å². The fourth-order valence-electron chi connectivity index (χ4n) is 0.950. The lowest BCUT2D eigenvalue weighted by Gasteiger charge is -2.19. The van der Waals surface area contributed by atoms with Crippen LogP contribution in [0, 0.1) is 0 Å². The smallest absolute Gasteiger partial charge is 0.0784 e. The quantitative estimate of drug-likeness (QED) is 0.611. The largest absolute Gasteiger partial charge is 0.376 e. The second-order valence-electron chi connectivity index (χ2n) is 3.72. The molecule has 13 heavy (non-hydrogen) atoms. The molecule has 0 amide bonds. The van der Waals surface area contributed by atoms with Crippen LogP contribution >= 0.6 is 0 Å². The Morgan fingerprint density at radius 3 is 1.85 bits per heavy atom. The molecule has 0 heterocycles. The maximum Gasteiger partial charge on any atom is 0.0784 e. The first-order chi connectivity index (χ1) is 6.10. The van der Waals surface area contributed by atoms with E-state index in [2.05, 4.69) is 34.6 Å². The number of hydrogen-bond acceptors (Lipinski definition) is 2. The Bertz CT molecular complexity index is 115. The van der Waals surface area contributed by atoms with Gasteiger partial charge in [-0.15, -0.1) is 0 Å². The highest BCUT2D eigenvalue weighted by Gasteiger charge is 2.08. The van der Waals surface area contributed by atoms with E-state index < -0.39 is 0 Å². The maximum atomic E-state index is 5.67. The molecule has 0 aliphatic carbocycles. The number of ether oxygens (including phenoxy) is 2. The van der Waals surface area contributed by atoms with Crippen molar-refractivity contribution in [1.29, 1.82) is 0 Å². The lowest BCUT2D eigenvalue weighted by atomic mass is 10.3. The summed E-state index contributed by atoms with van der Waals surface area (Å²) in [6.45, 7) is 11.2. The van der Waals surface area contributed by atoms with Crippen molar-refractivity contribution in [3.05, 3.63) is 0 Å². The van der Waals surface area contributed by atoms with Crippen molar-refractivity contribution in [3.8, 4) is 0 Å². The molecule has 0 spiro atoms. The third-order valence-electron chi connectivity index (χ3n) is 2.23. The van der Waals surface area contributed by atoms with Gasteiger partial charge < -0.3 is 9.47 Å². The summed E-state index contributed by atoms with van der Waals surface area (Å²) in [5, 5.41) is 0. The van der Waals surface area contributed by atoms with E-state index in [1.807, 2.05) is 0 Å². The van der Waals surface area contributed by atoms with Gasteiger partial charge in [0.1, 0.15) is 0 Å². The topological polar surface area (TPSA) is 18.5 Å². The van der Waals surface area contributed by atoms with Crippen molar-refractivity contribution in [3.63, 3.8) is 0 Å². The van der Waals surface area contributed by atoms with Gasteiger partial charge in [0.05, 0.1) is 24.9 Å². The van der Waals surface area contributed by atoms with Crippen LogP contribution in [0.5, 0.6) is 0 Å². The normalized spacial score (nSPS) is 18.2. The van der Waals surface area contributed by atoms with Crippen LogP contribution in [0.3, 0.4) is 0 Å². The first kappa shape index (κ1) is 12.9. The molecule has 0 bridgehead atoms. The minimum atomic E-state index is 0.212. The van der Waals surface area contributed by atoms with Crippen LogP contribution < -0.4 is 0 Å². The fourth-order valence-corrected chi connectivity index (χ4v) is 0.950. The van der Waals surface area contributed by atoms with E-state index in [9.17, 15) is 0 Å². The molecule has 0 aromatic rings. The zero-order valence-electron chi connectivity index (χ0n) is 9.67. The van der Waals surface area contributed by atoms with Crippen LogP contribution in [-0.4, -0.2) is 24.9 Å². The van der Waals surface area contributed by atoms with Crippen molar-refractivity contribution < 1.29 is 9.47 Å². The second-order valence-corrected chi connectivity index (χ2v) is 3.72. The van der Waals surface area contributed by atoms with Crippen LogP contribution in [0.2, 0.25) is 0 Å². The van der Waals surface area contributed by atoms with E-state index in [1.165, 1.54) is 0 Å². The van der Waals surface area contributed by atoms with Crippen LogP contribution in [0.4, 0.5) is 0 Å². The summed E-state index contributed by atoms with van der Waals surface area (Å²) in [5.41, 5.74) is 0. The predicted molar refractivity (Wildman–Crippen MR) is 56.0 cm³/mol. The minimum Gasteiger partial charge on any atom is -0.376 e. The van der Waals surface area contributed by atoms with Crippen molar-refractivity contribution in [2.45, 2.75) is 65.8 Å². The minimum absolute atomic E-state index is 0.212. The molecule has 80 valence electrons. The first-order valence-corrected chi connectivity index (χ1v) is 5.37. The average molecular weight is 188 g/mol. The number of hydrogen-bond donors (Lipinski definition) is 0. The van der Waals surface area contributed by atoms with E-state index in [1.54, 1.807) is 0 Å². The van der Waals surface area contributed by atoms with Crippen molar-refractivity contribution in [1.82, 2.24) is 0 Å². The highest BCUT2D eigenvalue weighted by Crippen LogP contribution is 2.04. The molecule has 0 radical (unpaired) electrons. The molecule has 3 atom stereocenters. The Kier molecular flexibility index (Phi) is 7.29. The number of rotatable bonds is 7. The van der Waals surface area contributed by atoms with Gasteiger partial charge in [0.15, 0.2) is 0 Å². The third-order valence-corrected chi connectivity index (χ3v) is 2.23. The highest BCUT2D eigenvalue weighted by atomic mass is 16.5. The van der Waals surface area contributed by atoms with Gasteiger partial charge in [-0.25, -0.2) is 0 Å². The van der Waals surface area contributed by atoms with Crippen LogP contribution in [0.1, 0.15) is 47.5 Å². The Hall–Kier alpha value is -0.0800. The van der Waals surface area contributed by atoms with E-state index in [0.29, 0.717) is 18.8 Å². The van der Waals surface area contributed by atoms with E-state index in [-0.39, 0.29) is 6.10 Å². The lowest BCUT2D eigenvalue weighted by molar-refractivity contribution is -0.0596. The van der Waals surface area contributed by atoms with E-state index in [0.717, 1.165) is 12.8 Å². The van der Waals surface area contributed by atoms with Gasteiger partial charge in [0, 0.05) is 0 Å². The Balaban J connectivity index is 3.45. The van der Waals surface area contributed by atoms with E-state index in [4.69, 9.17) is 9.47 Å². The molecule has 2 heteroatoms. The summed E-state index contributed by atoms with van der Waals surface area (Å²) < 4.78 is 11.2. The Morgan fingerprint density at radius 2 is 1.38 bits per heavy atom. The SMILES string of the molecule is CCC(C)OCC(C)OC(C)CC. The van der Waals surface area contributed by atoms with Gasteiger partial charge in [-0.2, -0.15) is 0 Å². The standard InChI is InChI=1S/C11H24O2/c1-6-9(3)12-8-11(5)13-10(4)7-2/h9-11H,6-8H2,1-5H3. The van der Waals surface area contributed by atoms with Gasteiger partial charge in [-0.1, -0.05) is 13.8 Å². The van der Waals surface area contributed by atoms with Gasteiger partial charge in [-0.05, 0) is 33.6 Å². The fraction of sp³-hybridized carbons (Fsp3) is 1.00. The van der Waals surface area contributed by atoms with Crippen molar-refractivity contribution in [2.24, 2.45) is 0 Å². The zero-order chi connectivity index (χ0) is 10.3. The molecule has 3 unspecified atom stereocenters. The van der Waals surface area contributed by atoms with Gasteiger partial charge in [0.25, 0.3) is 0 Å². The molecule has 0 saturated heterocycles. The zero-order valence-corrected chi connectivity index (χ0v) is 9.67. The molecule has 0 N–H and O–H groups in total. The van der Waals surface area contributed by atoms with Crippen molar-refractivity contribution >= 4 is 0 Å². The third kappa shape index (κ3) is 7.03. The van der Waals surface area contributed by atoms with E-state index >= 15 is 0 Å². The highest BCUT2D eigenvalue weighted by molar-refractivity contribution is 4.54. The molecule has 0 fully saturated rings. The summed E-state index contributed by atoms with van der Waals surface area (Å²) in [4.78, 5) is 0. The molecule has 0 aliphatic heterocycles. The van der Waals surface area contributed by atoms with Crippen molar-refractivity contribution in [2.75, 3.05) is 6.61 Å². The predicted octanol–water partition coefficient (Wildman–Crippen LogP) is 3.01. The molecule has 0 rings (SSSR count). The summed E-state index contributed by atoms with van der Waals surface area (Å²) in [7, 11) is 0. The second kappa shape index (κ2) is 7.34. The molecule has 0 aliphatic rings. The van der Waals surface area contributed by atoms with Crippen LogP contribution in [0.25, 0.3) is 0 Å². The summed E-state index contributed by atoms with van der Waals surface area (Å²) in [6, 6.07) is 0. The lowest BCUT2D eigenvalue weighted by Crippen LogP contribution is -2.23. The summed E-state index contributed by atoms with van der Waals surface area (Å²) in [5.74, 6) is 0. The van der Waals surface area contributed by atoms with Crippen LogP contribution in [0.15, 0.2) is 0 Å². The summed E-state index contributed by atoms with van der Waals surface area (Å²) >= 11 is 0. The monoisotopic (exact) mass is 188 g/mol. The molecule has 0 aromatic heterocycles. The Labute approximate surface area is 82.6 Å². The molecule has 0 aromatic carbocycles. The van der Waals surface area contributed by atoms with Gasteiger partial charge in [0.2, 0.25) is 0 Å². The Morgan fingerprint density at radius 1 is 0.846 bits per heavy atom. The molecule has 2 nitrogen and oxygen atoms in total.